The molecule has 0 atom stereocenters. The third-order valence-electron chi connectivity index (χ3n) is 4.09. The number of carbonyl (C=O) groups is 1. The zero-order valence-corrected chi connectivity index (χ0v) is 13.3. The smallest absolute Gasteiger partial charge is 0.254 e. The van der Waals surface area contributed by atoms with Crippen molar-refractivity contribution in [1.82, 2.24) is 4.90 Å². The zero-order valence-electron chi connectivity index (χ0n) is 13.3. The summed E-state index contributed by atoms with van der Waals surface area (Å²) in [7, 11) is 1.62. The largest absolute Gasteiger partial charge is 0.497 e. The first-order valence-corrected chi connectivity index (χ1v) is 7.71. The maximum absolute atomic E-state index is 13.3. The Labute approximate surface area is 139 Å². The van der Waals surface area contributed by atoms with Gasteiger partial charge in [-0.3, -0.25) is 4.79 Å². The van der Waals surface area contributed by atoms with E-state index in [0.29, 0.717) is 26.2 Å². The number of amides is 1. The molecule has 0 radical (unpaired) electrons. The fourth-order valence-electron chi connectivity index (χ4n) is 2.83. The van der Waals surface area contributed by atoms with Crippen molar-refractivity contribution in [1.29, 1.82) is 0 Å². The number of hydrogen-bond donors (Lipinski definition) is 0. The van der Waals surface area contributed by atoms with Crippen molar-refractivity contribution in [3.63, 3.8) is 0 Å². The quantitative estimate of drug-likeness (QED) is 0.866. The Balaban J connectivity index is 1.67. The van der Waals surface area contributed by atoms with E-state index in [1.807, 2.05) is 24.3 Å². The van der Waals surface area contributed by atoms with Crippen LogP contribution in [0, 0.1) is 11.6 Å². The van der Waals surface area contributed by atoms with E-state index in [0.717, 1.165) is 29.6 Å². The van der Waals surface area contributed by atoms with Crippen LogP contribution in [-0.2, 0) is 0 Å². The van der Waals surface area contributed by atoms with Gasteiger partial charge in [0, 0.05) is 49.6 Å². The van der Waals surface area contributed by atoms with Crippen LogP contribution >= 0.6 is 0 Å². The number of halogens is 2. The molecule has 3 rings (SSSR count). The van der Waals surface area contributed by atoms with E-state index in [1.54, 1.807) is 12.0 Å². The van der Waals surface area contributed by atoms with Gasteiger partial charge in [0.25, 0.3) is 5.91 Å². The number of methoxy groups -OCH3 is 1. The summed E-state index contributed by atoms with van der Waals surface area (Å²) in [5, 5.41) is 0. The fraction of sp³-hybridized carbons (Fsp3) is 0.278. The molecule has 0 aliphatic carbocycles. The Morgan fingerprint density at radius 1 is 1.00 bits per heavy atom. The van der Waals surface area contributed by atoms with E-state index in [1.165, 1.54) is 0 Å². The maximum Gasteiger partial charge on any atom is 0.254 e. The van der Waals surface area contributed by atoms with Gasteiger partial charge in [0.2, 0.25) is 0 Å². The molecule has 2 aromatic rings. The highest BCUT2D eigenvalue weighted by Gasteiger charge is 2.23. The monoisotopic (exact) mass is 332 g/mol. The molecule has 1 heterocycles. The Morgan fingerprint density at radius 2 is 1.67 bits per heavy atom. The average Bonchev–Trinajstić information content (AvgIpc) is 2.60. The van der Waals surface area contributed by atoms with Crippen LogP contribution in [0.5, 0.6) is 5.75 Å². The highest BCUT2D eigenvalue weighted by molar-refractivity contribution is 5.94. The molecular formula is C18H18F2N2O2. The molecule has 1 aliphatic heterocycles. The van der Waals surface area contributed by atoms with E-state index in [4.69, 9.17) is 4.74 Å². The molecule has 126 valence electrons. The fourth-order valence-corrected chi connectivity index (χ4v) is 2.83. The normalized spacial score (nSPS) is 14.6. The highest BCUT2D eigenvalue weighted by Crippen LogP contribution is 2.22. The SMILES string of the molecule is COc1cccc(N2CCN(C(=O)c3cc(F)cc(F)c3)CC2)c1. The van der Waals surface area contributed by atoms with Gasteiger partial charge in [0.05, 0.1) is 7.11 Å². The molecule has 0 aromatic heterocycles. The summed E-state index contributed by atoms with van der Waals surface area (Å²) in [6.07, 6.45) is 0. The molecule has 0 N–H and O–H groups in total. The van der Waals surface area contributed by atoms with Gasteiger partial charge in [-0.1, -0.05) is 6.07 Å². The first-order chi connectivity index (χ1) is 11.6. The Hall–Kier alpha value is -2.63. The molecular weight excluding hydrogens is 314 g/mol. The van der Waals surface area contributed by atoms with Crippen molar-refractivity contribution in [3.8, 4) is 5.75 Å². The van der Waals surface area contributed by atoms with Crippen LogP contribution < -0.4 is 9.64 Å². The van der Waals surface area contributed by atoms with Crippen LogP contribution in [0.1, 0.15) is 10.4 Å². The first kappa shape index (κ1) is 16.2. The molecule has 2 aromatic carbocycles. The van der Waals surface area contributed by atoms with Crippen LogP contribution in [0.3, 0.4) is 0 Å². The lowest BCUT2D eigenvalue weighted by Gasteiger charge is -2.36. The van der Waals surface area contributed by atoms with Gasteiger partial charge in [-0.25, -0.2) is 8.78 Å². The molecule has 6 heteroatoms. The van der Waals surface area contributed by atoms with Crippen molar-refractivity contribution in [2.45, 2.75) is 0 Å². The second-order valence-electron chi connectivity index (χ2n) is 5.64. The van der Waals surface area contributed by atoms with Gasteiger partial charge in [0.1, 0.15) is 17.4 Å². The van der Waals surface area contributed by atoms with E-state index in [-0.39, 0.29) is 11.5 Å². The molecule has 1 amide bonds. The van der Waals surface area contributed by atoms with E-state index in [2.05, 4.69) is 4.90 Å². The summed E-state index contributed by atoms with van der Waals surface area (Å²) in [6.45, 7) is 2.29. The third kappa shape index (κ3) is 3.48. The number of rotatable bonds is 3. The molecule has 1 fully saturated rings. The molecule has 4 nitrogen and oxygen atoms in total. The molecule has 0 spiro atoms. The van der Waals surface area contributed by atoms with E-state index in [9.17, 15) is 13.6 Å². The number of ether oxygens (including phenoxy) is 1. The Bertz CT molecular complexity index is 723. The van der Waals surface area contributed by atoms with Crippen molar-refractivity contribution < 1.29 is 18.3 Å². The zero-order chi connectivity index (χ0) is 17.1. The second-order valence-corrected chi connectivity index (χ2v) is 5.64. The lowest BCUT2D eigenvalue weighted by atomic mass is 10.1. The number of carbonyl (C=O) groups excluding carboxylic acids is 1. The van der Waals surface area contributed by atoms with Gasteiger partial charge >= 0.3 is 0 Å². The Morgan fingerprint density at radius 3 is 2.29 bits per heavy atom. The summed E-state index contributed by atoms with van der Waals surface area (Å²) in [4.78, 5) is 16.2. The number of anilines is 1. The van der Waals surface area contributed by atoms with Crippen molar-refractivity contribution in [2.24, 2.45) is 0 Å². The van der Waals surface area contributed by atoms with Crippen molar-refractivity contribution in [3.05, 3.63) is 59.7 Å². The lowest BCUT2D eigenvalue weighted by Crippen LogP contribution is -2.48. The third-order valence-corrected chi connectivity index (χ3v) is 4.09. The number of hydrogen-bond acceptors (Lipinski definition) is 3. The Kier molecular flexibility index (Phi) is 4.64. The van der Waals surface area contributed by atoms with Crippen molar-refractivity contribution >= 4 is 11.6 Å². The molecule has 0 unspecified atom stereocenters. The molecule has 0 bridgehead atoms. The van der Waals surface area contributed by atoms with Crippen LogP contribution in [-0.4, -0.2) is 44.1 Å². The molecule has 24 heavy (non-hydrogen) atoms. The van der Waals surface area contributed by atoms with Crippen LogP contribution in [0.15, 0.2) is 42.5 Å². The van der Waals surface area contributed by atoms with E-state index < -0.39 is 11.6 Å². The molecule has 1 aliphatic rings. The molecule has 0 saturated carbocycles. The maximum atomic E-state index is 13.3. The summed E-state index contributed by atoms with van der Waals surface area (Å²) in [6, 6.07) is 10.6. The second kappa shape index (κ2) is 6.86. The van der Waals surface area contributed by atoms with Gasteiger partial charge < -0.3 is 14.5 Å². The number of piperazine rings is 1. The predicted molar refractivity (Wildman–Crippen MR) is 87.5 cm³/mol. The number of nitrogens with zero attached hydrogens (tertiary/aromatic N) is 2. The first-order valence-electron chi connectivity index (χ1n) is 7.71. The lowest BCUT2D eigenvalue weighted by molar-refractivity contribution is 0.0745. The predicted octanol–water partition coefficient (Wildman–Crippen LogP) is 2.94. The van der Waals surface area contributed by atoms with Crippen molar-refractivity contribution in [2.75, 3.05) is 38.2 Å². The summed E-state index contributed by atoms with van der Waals surface area (Å²) in [5.74, 6) is -1.05. The minimum absolute atomic E-state index is 0.0438. The minimum atomic E-state index is -0.742. The standard InChI is InChI=1S/C18H18F2N2O2/c1-24-17-4-2-3-16(12-17)21-5-7-22(8-6-21)18(23)13-9-14(19)11-15(20)10-13/h2-4,9-12H,5-8H2,1H3. The van der Waals surface area contributed by atoms with Gasteiger partial charge in [-0.05, 0) is 24.3 Å². The van der Waals surface area contributed by atoms with Gasteiger partial charge in [0.15, 0.2) is 0 Å². The van der Waals surface area contributed by atoms with Gasteiger partial charge in [-0.15, -0.1) is 0 Å². The van der Waals surface area contributed by atoms with Crippen LogP contribution in [0.2, 0.25) is 0 Å². The van der Waals surface area contributed by atoms with E-state index >= 15 is 0 Å². The summed E-state index contributed by atoms with van der Waals surface area (Å²) < 4.78 is 31.8. The topological polar surface area (TPSA) is 32.8 Å². The van der Waals surface area contributed by atoms with Crippen LogP contribution in [0.4, 0.5) is 14.5 Å². The summed E-state index contributed by atoms with van der Waals surface area (Å²) >= 11 is 0. The highest BCUT2D eigenvalue weighted by atomic mass is 19.1. The summed E-state index contributed by atoms with van der Waals surface area (Å²) in [5.41, 5.74) is 1.07. The minimum Gasteiger partial charge on any atom is -0.497 e. The van der Waals surface area contributed by atoms with Crippen LogP contribution in [0.25, 0.3) is 0 Å². The number of benzene rings is 2. The average molecular weight is 332 g/mol. The van der Waals surface area contributed by atoms with Gasteiger partial charge in [-0.2, -0.15) is 0 Å². The molecule has 1 saturated heterocycles.